The van der Waals surface area contributed by atoms with Gasteiger partial charge in [0.25, 0.3) is 0 Å². The molecule has 32 heavy (non-hydrogen) atoms. The molecule has 3 aromatic carbocycles. The van der Waals surface area contributed by atoms with Gasteiger partial charge in [-0.25, -0.2) is 0 Å². The van der Waals surface area contributed by atoms with Crippen LogP contribution in [0.5, 0.6) is 0 Å². The molecule has 1 fully saturated rings. The molecule has 2 aliphatic rings. The second kappa shape index (κ2) is 9.22. The van der Waals surface area contributed by atoms with Crippen molar-refractivity contribution in [3.05, 3.63) is 72.3 Å². The number of nitrogens with zero attached hydrogens (tertiary/aromatic N) is 1. The third-order valence-corrected chi connectivity index (χ3v) is 9.79. The van der Waals surface area contributed by atoms with Crippen molar-refractivity contribution >= 4 is 46.0 Å². The zero-order valence-electron chi connectivity index (χ0n) is 18.0. The van der Waals surface area contributed by atoms with E-state index in [4.69, 9.17) is 16.5 Å². The van der Waals surface area contributed by atoms with E-state index in [0.717, 1.165) is 55.2 Å². The van der Waals surface area contributed by atoms with Crippen LogP contribution >= 0.6 is 6.04 Å². The number of carbonyl (C=O) groups is 1. The third-order valence-electron chi connectivity index (χ3n) is 6.32. The molecule has 3 aromatic rings. The number of nitrogens with one attached hydrogen (secondary N) is 2. The number of benzene rings is 3. The molecule has 0 bridgehead atoms. The first kappa shape index (κ1) is 21.4. The lowest BCUT2D eigenvalue weighted by Gasteiger charge is -2.33. The summed E-state index contributed by atoms with van der Waals surface area (Å²) in [6, 6.07) is 20.5. The highest BCUT2D eigenvalue weighted by atomic mass is 32.4. The van der Waals surface area contributed by atoms with Crippen LogP contribution in [0.1, 0.15) is 18.4 Å². The third kappa shape index (κ3) is 4.54. The summed E-state index contributed by atoms with van der Waals surface area (Å²) < 4.78 is 5.66. The highest BCUT2D eigenvalue weighted by Crippen LogP contribution is 2.49. The summed E-state index contributed by atoms with van der Waals surface area (Å²) in [5.74, 6) is -0.129. The zero-order valence-corrected chi connectivity index (χ0v) is 19.7. The molecule has 2 N–H and O–H groups in total. The molecule has 0 amide bonds. The van der Waals surface area contributed by atoms with Gasteiger partial charge in [0.1, 0.15) is 12.6 Å². The standard InChI is InChI=1S/C25H28N3O2PS/c29-25(30-15-19-7-2-1-3-8-19)23-13-6-14-28(23)18-31(32)16-26-21-11-4-9-20-10-5-12-22(24(20)21)27-17-31/h1-5,7-12,23,26-27H,6,13-18H2/t23-/m0/s1. The summed E-state index contributed by atoms with van der Waals surface area (Å²) in [5, 5.41) is 9.73. The smallest absolute Gasteiger partial charge is 0.323 e. The summed E-state index contributed by atoms with van der Waals surface area (Å²) in [7, 11) is 0. The lowest BCUT2D eigenvalue weighted by Crippen LogP contribution is -2.39. The van der Waals surface area contributed by atoms with Crippen molar-refractivity contribution in [2.75, 3.05) is 36.0 Å². The molecule has 1 atom stereocenters. The molecule has 1 saturated heterocycles. The van der Waals surface area contributed by atoms with Crippen molar-refractivity contribution in [3.63, 3.8) is 0 Å². The minimum absolute atomic E-state index is 0.129. The molecule has 0 unspecified atom stereocenters. The van der Waals surface area contributed by atoms with Crippen LogP contribution in [-0.4, -0.2) is 42.3 Å². The Morgan fingerprint density at radius 3 is 2.38 bits per heavy atom. The molecule has 0 radical (unpaired) electrons. The fraction of sp³-hybridized carbons (Fsp3) is 0.320. The average molecular weight is 466 g/mol. The Morgan fingerprint density at radius 2 is 1.69 bits per heavy atom. The minimum atomic E-state index is -1.82. The fourth-order valence-electron chi connectivity index (χ4n) is 4.67. The van der Waals surface area contributed by atoms with Crippen molar-refractivity contribution in [1.29, 1.82) is 0 Å². The summed E-state index contributed by atoms with van der Waals surface area (Å²) in [6.07, 6.45) is 4.15. The second-order valence-corrected chi connectivity index (χ2v) is 14.0. The molecule has 0 saturated carbocycles. The molecule has 5 nitrogen and oxygen atoms in total. The second-order valence-electron chi connectivity index (χ2n) is 8.64. The maximum Gasteiger partial charge on any atom is 0.323 e. The van der Waals surface area contributed by atoms with Gasteiger partial charge in [-0.15, -0.1) is 0 Å². The first-order valence-corrected chi connectivity index (χ1v) is 14.5. The van der Waals surface area contributed by atoms with E-state index in [2.05, 4.69) is 51.9 Å². The molecule has 0 aromatic heterocycles. The monoisotopic (exact) mass is 465 g/mol. The van der Waals surface area contributed by atoms with E-state index in [0.29, 0.717) is 6.61 Å². The zero-order chi connectivity index (χ0) is 22.0. The number of carbonyl (C=O) groups excluding carboxylic acids is 1. The maximum absolute atomic E-state index is 12.9. The Balaban J connectivity index is 1.27. The van der Waals surface area contributed by atoms with Crippen molar-refractivity contribution in [2.45, 2.75) is 25.5 Å². The minimum Gasteiger partial charge on any atom is -0.460 e. The lowest BCUT2D eigenvalue weighted by atomic mass is 10.1. The summed E-state index contributed by atoms with van der Waals surface area (Å²) in [6.45, 7) is 1.22. The molecule has 5 rings (SSSR count). The van der Waals surface area contributed by atoms with E-state index in [1.54, 1.807) is 0 Å². The molecular formula is C25H28N3O2PS. The van der Waals surface area contributed by atoms with Crippen LogP contribution in [0, 0.1) is 0 Å². The normalized spacial score (nSPS) is 20.1. The molecule has 166 valence electrons. The first-order valence-electron chi connectivity index (χ1n) is 11.1. The van der Waals surface area contributed by atoms with Crippen LogP contribution in [0.4, 0.5) is 11.4 Å². The largest absolute Gasteiger partial charge is 0.460 e. The summed E-state index contributed by atoms with van der Waals surface area (Å²) in [4.78, 5) is 15.1. The molecule has 0 spiro atoms. The van der Waals surface area contributed by atoms with Gasteiger partial charge < -0.3 is 15.4 Å². The first-order chi connectivity index (χ1) is 15.6. The Kier molecular flexibility index (Phi) is 6.18. The van der Waals surface area contributed by atoms with Crippen LogP contribution in [-0.2, 0) is 27.9 Å². The van der Waals surface area contributed by atoms with Gasteiger partial charge in [-0.2, -0.15) is 0 Å². The Morgan fingerprint density at radius 1 is 1.00 bits per heavy atom. The van der Waals surface area contributed by atoms with Gasteiger partial charge in [-0.1, -0.05) is 66.4 Å². The topological polar surface area (TPSA) is 53.6 Å². The van der Waals surface area contributed by atoms with E-state index in [9.17, 15) is 4.79 Å². The number of rotatable bonds is 5. The summed E-state index contributed by atoms with van der Waals surface area (Å²) in [5.41, 5.74) is 3.26. The van der Waals surface area contributed by atoms with Crippen LogP contribution in [0.3, 0.4) is 0 Å². The van der Waals surface area contributed by atoms with E-state index in [1.807, 2.05) is 30.3 Å². The molecule has 7 heteroatoms. The Labute approximate surface area is 194 Å². The maximum atomic E-state index is 12.9. The van der Waals surface area contributed by atoms with Crippen LogP contribution < -0.4 is 10.6 Å². The molecular weight excluding hydrogens is 437 g/mol. The van der Waals surface area contributed by atoms with Crippen molar-refractivity contribution < 1.29 is 9.53 Å². The fourth-order valence-corrected chi connectivity index (χ4v) is 7.73. The van der Waals surface area contributed by atoms with E-state index in [-0.39, 0.29) is 12.0 Å². The predicted octanol–water partition coefficient (Wildman–Crippen LogP) is 5.24. The van der Waals surface area contributed by atoms with Crippen LogP contribution in [0.2, 0.25) is 0 Å². The van der Waals surface area contributed by atoms with Gasteiger partial charge in [-0.3, -0.25) is 9.69 Å². The van der Waals surface area contributed by atoms with Gasteiger partial charge in [0, 0.05) is 41.7 Å². The van der Waals surface area contributed by atoms with Crippen LogP contribution in [0.25, 0.3) is 10.8 Å². The molecule has 2 heterocycles. The SMILES string of the molecule is O=C(OCc1ccccc1)[C@@H]1CCCN1CP1(=S)CNc2cccc3cccc(c23)NC1. The number of ether oxygens (including phenoxy) is 1. The van der Waals surface area contributed by atoms with Gasteiger partial charge in [0.2, 0.25) is 0 Å². The van der Waals surface area contributed by atoms with E-state index >= 15 is 0 Å². The molecule has 2 aliphatic heterocycles. The Bertz CT molecular complexity index is 1120. The highest BCUT2D eigenvalue weighted by Gasteiger charge is 2.35. The van der Waals surface area contributed by atoms with Crippen molar-refractivity contribution in [3.8, 4) is 0 Å². The van der Waals surface area contributed by atoms with Gasteiger partial charge in [0.05, 0.1) is 0 Å². The van der Waals surface area contributed by atoms with Gasteiger partial charge >= 0.3 is 5.97 Å². The van der Waals surface area contributed by atoms with Gasteiger partial charge in [0.15, 0.2) is 0 Å². The average Bonchev–Trinajstić information content (AvgIpc) is 3.27. The number of likely N-dealkylation sites (tertiary alicyclic amines) is 1. The predicted molar refractivity (Wildman–Crippen MR) is 136 cm³/mol. The highest BCUT2D eigenvalue weighted by molar-refractivity contribution is 8.14. The van der Waals surface area contributed by atoms with Crippen molar-refractivity contribution in [1.82, 2.24) is 4.90 Å². The van der Waals surface area contributed by atoms with Gasteiger partial charge in [-0.05, 0) is 42.5 Å². The summed E-state index contributed by atoms with van der Waals surface area (Å²) >= 11 is 6.25. The van der Waals surface area contributed by atoms with E-state index in [1.165, 1.54) is 10.8 Å². The number of hydrogen-bond acceptors (Lipinski definition) is 6. The number of hydrogen-bond donors (Lipinski definition) is 2. The van der Waals surface area contributed by atoms with Crippen molar-refractivity contribution in [2.24, 2.45) is 0 Å². The number of esters is 1. The number of anilines is 2. The van der Waals surface area contributed by atoms with Crippen LogP contribution in [0.15, 0.2) is 66.7 Å². The Hall–Kier alpha value is -2.40. The quantitative estimate of drug-likeness (QED) is 0.397. The van der Waals surface area contributed by atoms with E-state index < -0.39 is 6.04 Å². The lowest BCUT2D eigenvalue weighted by molar-refractivity contribution is -0.150. The molecule has 0 aliphatic carbocycles.